The second-order valence-corrected chi connectivity index (χ2v) is 4.39. The summed E-state index contributed by atoms with van der Waals surface area (Å²) >= 11 is 0. The van der Waals surface area contributed by atoms with Crippen molar-refractivity contribution in [1.82, 2.24) is 15.5 Å². The van der Waals surface area contributed by atoms with Gasteiger partial charge in [-0.1, -0.05) is 31.2 Å². The summed E-state index contributed by atoms with van der Waals surface area (Å²) in [4.78, 5) is 0. The first kappa shape index (κ1) is 12.8. The summed E-state index contributed by atoms with van der Waals surface area (Å²) in [5, 5.41) is 11.4. The molecule has 0 fully saturated rings. The van der Waals surface area contributed by atoms with Gasteiger partial charge in [0, 0.05) is 0 Å². The SMILES string of the molecule is CCC(NC)c1nnc(Cc2ccccc2C)o1. The largest absolute Gasteiger partial charge is 0.423 e. The van der Waals surface area contributed by atoms with E-state index in [0.29, 0.717) is 18.2 Å². The molecule has 0 radical (unpaired) electrons. The molecule has 1 atom stereocenters. The van der Waals surface area contributed by atoms with E-state index in [4.69, 9.17) is 4.42 Å². The average Bonchev–Trinajstić information content (AvgIpc) is 2.82. The van der Waals surface area contributed by atoms with E-state index in [2.05, 4.69) is 41.5 Å². The smallest absolute Gasteiger partial charge is 0.233 e. The Hall–Kier alpha value is -1.68. The molecule has 2 rings (SSSR count). The molecular weight excluding hydrogens is 226 g/mol. The number of rotatable bonds is 5. The van der Waals surface area contributed by atoms with Gasteiger partial charge in [-0.05, 0) is 31.5 Å². The number of nitrogens with one attached hydrogen (secondary N) is 1. The molecule has 1 aromatic heterocycles. The number of aromatic nitrogens is 2. The van der Waals surface area contributed by atoms with E-state index in [1.807, 2.05) is 19.2 Å². The fourth-order valence-electron chi connectivity index (χ4n) is 1.95. The lowest BCUT2D eigenvalue weighted by atomic mass is 10.1. The van der Waals surface area contributed by atoms with Crippen LogP contribution in [-0.4, -0.2) is 17.2 Å². The Bertz CT molecular complexity index is 503. The van der Waals surface area contributed by atoms with Crippen molar-refractivity contribution in [2.75, 3.05) is 7.05 Å². The van der Waals surface area contributed by atoms with Crippen LogP contribution in [0.5, 0.6) is 0 Å². The zero-order valence-electron chi connectivity index (χ0n) is 11.1. The Morgan fingerprint density at radius 1 is 1.28 bits per heavy atom. The number of aryl methyl sites for hydroxylation is 1. The summed E-state index contributed by atoms with van der Waals surface area (Å²) in [6.45, 7) is 4.18. The van der Waals surface area contributed by atoms with Gasteiger partial charge in [-0.2, -0.15) is 0 Å². The summed E-state index contributed by atoms with van der Waals surface area (Å²) in [7, 11) is 1.90. The van der Waals surface area contributed by atoms with E-state index < -0.39 is 0 Å². The van der Waals surface area contributed by atoms with Crippen LogP contribution in [0, 0.1) is 6.92 Å². The van der Waals surface area contributed by atoms with Crippen molar-refractivity contribution in [2.45, 2.75) is 32.7 Å². The Labute approximate surface area is 107 Å². The maximum atomic E-state index is 5.70. The van der Waals surface area contributed by atoms with Crippen molar-refractivity contribution in [3.05, 3.63) is 47.2 Å². The fourth-order valence-corrected chi connectivity index (χ4v) is 1.95. The standard InChI is InChI=1S/C14H19N3O/c1-4-12(15-3)14-17-16-13(18-14)9-11-8-6-5-7-10(11)2/h5-8,12,15H,4,9H2,1-3H3. The summed E-state index contributed by atoms with van der Waals surface area (Å²) in [5.74, 6) is 1.34. The van der Waals surface area contributed by atoms with Crippen LogP contribution in [0.2, 0.25) is 0 Å². The molecule has 0 spiro atoms. The van der Waals surface area contributed by atoms with Crippen LogP contribution in [0.4, 0.5) is 0 Å². The molecule has 0 amide bonds. The van der Waals surface area contributed by atoms with Crippen LogP contribution in [0.25, 0.3) is 0 Å². The third kappa shape index (κ3) is 2.76. The average molecular weight is 245 g/mol. The lowest BCUT2D eigenvalue weighted by molar-refractivity contribution is 0.390. The van der Waals surface area contributed by atoms with Crippen molar-refractivity contribution in [3.8, 4) is 0 Å². The number of hydrogen-bond acceptors (Lipinski definition) is 4. The monoisotopic (exact) mass is 245 g/mol. The molecule has 0 bridgehead atoms. The molecule has 0 aliphatic rings. The Balaban J connectivity index is 2.14. The van der Waals surface area contributed by atoms with Crippen molar-refractivity contribution in [1.29, 1.82) is 0 Å². The molecule has 0 aliphatic carbocycles. The second kappa shape index (κ2) is 5.78. The molecular formula is C14H19N3O. The molecule has 1 unspecified atom stereocenters. The van der Waals surface area contributed by atoms with Gasteiger partial charge in [0.1, 0.15) is 0 Å². The molecule has 4 nitrogen and oxygen atoms in total. The summed E-state index contributed by atoms with van der Waals surface area (Å²) in [5.41, 5.74) is 2.48. The molecule has 96 valence electrons. The topological polar surface area (TPSA) is 51.0 Å². The van der Waals surface area contributed by atoms with Gasteiger partial charge in [-0.3, -0.25) is 0 Å². The Morgan fingerprint density at radius 2 is 2.06 bits per heavy atom. The third-order valence-corrected chi connectivity index (χ3v) is 3.14. The number of benzene rings is 1. The molecule has 1 N–H and O–H groups in total. The van der Waals surface area contributed by atoms with Crippen molar-refractivity contribution in [3.63, 3.8) is 0 Å². The van der Waals surface area contributed by atoms with Crippen molar-refractivity contribution < 1.29 is 4.42 Å². The molecule has 0 saturated heterocycles. The maximum Gasteiger partial charge on any atom is 0.233 e. The molecule has 0 aliphatic heterocycles. The Kier molecular flexibility index (Phi) is 4.10. The highest BCUT2D eigenvalue weighted by Crippen LogP contribution is 2.17. The predicted octanol–water partition coefficient (Wildman–Crippen LogP) is 2.64. The zero-order chi connectivity index (χ0) is 13.0. The van der Waals surface area contributed by atoms with Gasteiger partial charge in [0.05, 0.1) is 12.5 Å². The van der Waals surface area contributed by atoms with Gasteiger partial charge in [0.25, 0.3) is 0 Å². The van der Waals surface area contributed by atoms with E-state index in [1.54, 1.807) is 0 Å². The van der Waals surface area contributed by atoms with Gasteiger partial charge in [0.15, 0.2) is 0 Å². The molecule has 1 heterocycles. The molecule has 4 heteroatoms. The molecule has 18 heavy (non-hydrogen) atoms. The van der Waals surface area contributed by atoms with Crippen LogP contribution < -0.4 is 5.32 Å². The number of hydrogen-bond donors (Lipinski definition) is 1. The number of nitrogens with zero attached hydrogens (tertiary/aromatic N) is 2. The van der Waals surface area contributed by atoms with Gasteiger partial charge in [-0.15, -0.1) is 10.2 Å². The lowest BCUT2D eigenvalue weighted by Gasteiger charge is -2.07. The summed E-state index contributed by atoms with van der Waals surface area (Å²) in [6.07, 6.45) is 1.63. The van der Waals surface area contributed by atoms with Gasteiger partial charge >= 0.3 is 0 Å². The van der Waals surface area contributed by atoms with Gasteiger partial charge in [-0.25, -0.2) is 0 Å². The first-order chi connectivity index (χ1) is 8.74. The highest BCUT2D eigenvalue weighted by Gasteiger charge is 2.15. The first-order valence-corrected chi connectivity index (χ1v) is 6.28. The third-order valence-electron chi connectivity index (χ3n) is 3.14. The quantitative estimate of drug-likeness (QED) is 0.879. The van der Waals surface area contributed by atoms with Crippen LogP contribution >= 0.6 is 0 Å². The predicted molar refractivity (Wildman–Crippen MR) is 70.4 cm³/mol. The highest BCUT2D eigenvalue weighted by molar-refractivity contribution is 5.27. The van der Waals surface area contributed by atoms with E-state index in [1.165, 1.54) is 11.1 Å². The van der Waals surface area contributed by atoms with Crippen LogP contribution in [0.3, 0.4) is 0 Å². The molecule has 0 saturated carbocycles. The van der Waals surface area contributed by atoms with Crippen LogP contribution in [-0.2, 0) is 6.42 Å². The fraction of sp³-hybridized carbons (Fsp3) is 0.429. The normalized spacial score (nSPS) is 12.6. The van der Waals surface area contributed by atoms with Crippen LogP contribution in [0.15, 0.2) is 28.7 Å². The minimum absolute atomic E-state index is 0.142. The first-order valence-electron chi connectivity index (χ1n) is 6.28. The minimum atomic E-state index is 0.142. The van der Waals surface area contributed by atoms with Gasteiger partial charge in [0.2, 0.25) is 11.8 Å². The second-order valence-electron chi connectivity index (χ2n) is 4.39. The van der Waals surface area contributed by atoms with E-state index in [9.17, 15) is 0 Å². The summed E-state index contributed by atoms with van der Waals surface area (Å²) < 4.78 is 5.70. The van der Waals surface area contributed by atoms with Gasteiger partial charge < -0.3 is 9.73 Å². The van der Waals surface area contributed by atoms with E-state index in [0.717, 1.165) is 6.42 Å². The molecule has 2 aromatic rings. The van der Waals surface area contributed by atoms with E-state index >= 15 is 0 Å². The Morgan fingerprint density at radius 3 is 2.72 bits per heavy atom. The minimum Gasteiger partial charge on any atom is -0.423 e. The van der Waals surface area contributed by atoms with E-state index in [-0.39, 0.29) is 6.04 Å². The van der Waals surface area contributed by atoms with Crippen molar-refractivity contribution >= 4 is 0 Å². The summed E-state index contributed by atoms with van der Waals surface area (Å²) in [6, 6.07) is 8.39. The zero-order valence-corrected chi connectivity index (χ0v) is 11.1. The molecule has 1 aromatic carbocycles. The van der Waals surface area contributed by atoms with Crippen molar-refractivity contribution in [2.24, 2.45) is 0 Å². The lowest BCUT2D eigenvalue weighted by Crippen LogP contribution is -2.15. The van der Waals surface area contributed by atoms with Crippen LogP contribution in [0.1, 0.15) is 42.3 Å². The highest BCUT2D eigenvalue weighted by atomic mass is 16.4. The maximum absolute atomic E-state index is 5.70.